The van der Waals surface area contributed by atoms with Crippen molar-refractivity contribution < 1.29 is 13.2 Å². The van der Waals surface area contributed by atoms with Crippen molar-refractivity contribution in [2.24, 2.45) is 0 Å². The predicted octanol–water partition coefficient (Wildman–Crippen LogP) is 3.90. The van der Waals surface area contributed by atoms with E-state index in [4.69, 9.17) is 5.73 Å². The number of nitrogens with zero attached hydrogens (tertiary/aromatic N) is 2. The topological polar surface area (TPSA) is 51.8 Å². The zero-order valence-corrected chi connectivity index (χ0v) is 10.7. The van der Waals surface area contributed by atoms with Gasteiger partial charge in [-0.25, -0.2) is 4.98 Å². The van der Waals surface area contributed by atoms with Gasteiger partial charge >= 0.3 is 6.18 Å². The first kappa shape index (κ1) is 13.4. The van der Waals surface area contributed by atoms with E-state index in [1.807, 2.05) is 0 Å². The second-order valence-corrected chi connectivity index (χ2v) is 4.57. The zero-order valence-electron chi connectivity index (χ0n) is 10.7. The lowest BCUT2D eigenvalue weighted by atomic mass is 10.1. The number of aromatic nitrogens is 2. The van der Waals surface area contributed by atoms with Crippen LogP contribution in [-0.4, -0.2) is 9.97 Å². The van der Waals surface area contributed by atoms with E-state index >= 15 is 0 Å². The third-order valence-corrected chi connectivity index (χ3v) is 3.13. The SMILES string of the molecule is Nc1cc(-c2cccc(C(F)(F)F)c2)nc2ccncc12. The summed E-state index contributed by atoms with van der Waals surface area (Å²) in [6.45, 7) is 0. The summed E-state index contributed by atoms with van der Waals surface area (Å²) in [4.78, 5) is 8.30. The molecular weight excluding hydrogens is 279 g/mol. The lowest BCUT2D eigenvalue weighted by Gasteiger charge is -2.10. The number of hydrogen-bond acceptors (Lipinski definition) is 3. The lowest BCUT2D eigenvalue weighted by Crippen LogP contribution is -2.04. The Bertz CT molecular complexity index is 813. The highest BCUT2D eigenvalue weighted by Gasteiger charge is 2.30. The molecule has 2 N–H and O–H groups in total. The van der Waals surface area contributed by atoms with Crippen molar-refractivity contribution in [3.8, 4) is 11.3 Å². The maximum atomic E-state index is 12.8. The second-order valence-electron chi connectivity index (χ2n) is 4.57. The predicted molar refractivity (Wildman–Crippen MR) is 74.4 cm³/mol. The molecule has 2 heterocycles. The standard InChI is InChI=1S/C15H10F3N3/c16-15(17,18)10-3-1-2-9(6-10)14-7-12(19)11-8-20-5-4-13(11)21-14/h1-8H,(H2,19,21). The Labute approximate surface area is 118 Å². The highest BCUT2D eigenvalue weighted by Crippen LogP contribution is 2.32. The number of alkyl halides is 3. The van der Waals surface area contributed by atoms with Crippen LogP contribution >= 0.6 is 0 Å². The highest BCUT2D eigenvalue weighted by atomic mass is 19.4. The lowest BCUT2D eigenvalue weighted by molar-refractivity contribution is -0.137. The fraction of sp³-hybridized carbons (Fsp3) is 0.0667. The summed E-state index contributed by atoms with van der Waals surface area (Å²) in [6, 6.07) is 8.24. The summed E-state index contributed by atoms with van der Waals surface area (Å²) in [6.07, 6.45) is -1.25. The third-order valence-electron chi connectivity index (χ3n) is 3.13. The molecule has 3 aromatic rings. The van der Waals surface area contributed by atoms with Crippen molar-refractivity contribution in [3.63, 3.8) is 0 Å². The molecule has 2 aromatic heterocycles. The molecular formula is C15H10F3N3. The molecule has 3 nitrogen and oxygen atoms in total. The Balaban J connectivity index is 2.17. The Morgan fingerprint density at radius 3 is 2.62 bits per heavy atom. The molecule has 0 unspecified atom stereocenters. The minimum atomic E-state index is -4.39. The van der Waals surface area contributed by atoms with Gasteiger partial charge in [0, 0.05) is 29.0 Å². The van der Waals surface area contributed by atoms with Crippen LogP contribution in [0.2, 0.25) is 0 Å². The van der Waals surface area contributed by atoms with Crippen molar-refractivity contribution in [3.05, 3.63) is 54.4 Å². The summed E-state index contributed by atoms with van der Waals surface area (Å²) in [5.74, 6) is 0. The van der Waals surface area contributed by atoms with Crippen molar-refractivity contribution in [1.82, 2.24) is 9.97 Å². The van der Waals surface area contributed by atoms with Gasteiger partial charge in [-0.3, -0.25) is 4.98 Å². The number of fused-ring (bicyclic) bond motifs is 1. The van der Waals surface area contributed by atoms with Gasteiger partial charge in [0.2, 0.25) is 0 Å². The molecule has 0 bridgehead atoms. The molecule has 0 radical (unpaired) electrons. The molecule has 0 atom stereocenters. The molecule has 0 fully saturated rings. The second kappa shape index (κ2) is 4.73. The molecule has 0 amide bonds. The van der Waals surface area contributed by atoms with Crippen molar-refractivity contribution in [1.29, 1.82) is 0 Å². The van der Waals surface area contributed by atoms with E-state index in [0.29, 0.717) is 27.8 Å². The minimum Gasteiger partial charge on any atom is -0.398 e. The largest absolute Gasteiger partial charge is 0.416 e. The molecule has 106 valence electrons. The van der Waals surface area contributed by atoms with Crippen LogP contribution in [0, 0.1) is 0 Å². The summed E-state index contributed by atoms with van der Waals surface area (Å²) in [7, 11) is 0. The van der Waals surface area contributed by atoms with Crippen LogP contribution in [0.4, 0.5) is 18.9 Å². The number of nitrogen functional groups attached to an aromatic ring is 1. The fourth-order valence-corrected chi connectivity index (χ4v) is 2.10. The Kier molecular flexibility index (Phi) is 3.01. The molecule has 1 aromatic carbocycles. The number of hydrogen-bond donors (Lipinski definition) is 1. The van der Waals surface area contributed by atoms with Gasteiger partial charge in [0.15, 0.2) is 0 Å². The first-order valence-corrected chi connectivity index (χ1v) is 6.13. The monoisotopic (exact) mass is 289 g/mol. The molecule has 0 aliphatic heterocycles. The van der Waals surface area contributed by atoms with E-state index < -0.39 is 11.7 Å². The van der Waals surface area contributed by atoms with Crippen molar-refractivity contribution in [2.45, 2.75) is 6.18 Å². The van der Waals surface area contributed by atoms with Crippen LogP contribution in [0.1, 0.15) is 5.56 Å². The highest BCUT2D eigenvalue weighted by molar-refractivity contribution is 5.91. The average molecular weight is 289 g/mol. The zero-order chi connectivity index (χ0) is 15.0. The Morgan fingerprint density at radius 1 is 1.05 bits per heavy atom. The summed E-state index contributed by atoms with van der Waals surface area (Å²) < 4.78 is 38.3. The average Bonchev–Trinajstić information content (AvgIpc) is 2.46. The van der Waals surface area contributed by atoms with E-state index in [1.165, 1.54) is 6.07 Å². The quantitative estimate of drug-likeness (QED) is 0.739. The van der Waals surface area contributed by atoms with Crippen LogP contribution in [0.25, 0.3) is 22.2 Å². The Hall–Kier alpha value is -2.63. The fourth-order valence-electron chi connectivity index (χ4n) is 2.10. The molecule has 3 rings (SSSR count). The molecule has 0 aliphatic rings. The van der Waals surface area contributed by atoms with Crippen molar-refractivity contribution in [2.75, 3.05) is 5.73 Å². The first-order valence-electron chi connectivity index (χ1n) is 6.13. The number of pyridine rings is 2. The molecule has 0 saturated carbocycles. The number of halogens is 3. The van der Waals surface area contributed by atoms with E-state index in [2.05, 4.69) is 9.97 Å². The summed E-state index contributed by atoms with van der Waals surface area (Å²) in [5.41, 5.74) is 7.00. The van der Waals surface area contributed by atoms with Crippen molar-refractivity contribution >= 4 is 16.6 Å². The van der Waals surface area contributed by atoms with Crippen LogP contribution in [-0.2, 0) is 6.18 Å². The molecule has 0 saturated heterocycles. The Morgan fingerprint density at radius 2 is 1.86 bits per heavy atom. The molecule has 0 aliphatic carbocycles. The van der Waals surface area contributed by atoms with Gasteiger partial charge < -0.3 is 5.73 Å². The smallest absolute Gasteiger partial charge is 0.398 e. The number of rotatable bonds is 1. The molecule has 6 heteroatoms. The normalized spacial score (nSPS) is 11.8. The van der Waals surface area contributed by atoms with Crippen LogP contribution in [0.3, 0.4) is 0 Å². The van der Waals surface area contributed by atoms with Gasteiger partial charge in [-0.05, 0) is 24.3 Å². The van der Waals surface area contributed by atoms with Gasteiger partial charge in [0.05, 0.1) is 16.8 Å². The van der Waals surface area contributed by atoms with Gasteiger partial charge in [-0.1, -0.05) is 12.1 Å². The number of benzene rings is 1. The van der Waals surface area contributed by atoms with E-state index in [9.17, 15) is 13.2 Å². The van der Waals surface area contributed by atoms with Gasteiger partial charge in [-0.15, -0.1) is 0 Å². The van der Waals surface area contributed by atoms with E-state index in [-0.39, 0.29) is 0 Å². The van der Waals surface area contributed by atoms with Crippen LogP contribution in [0.5, 0.6) is 0 Å². The van der Waals surface area contributed by atoms with Gasteiger partial charge in [-0.2, -0.15) is 13.2 Å². The summed E-state index contributed by atoms with van der Waals surface area (Å²) in [5, 5.41) is 0.674. The number of nitrogens with two attached hydrogens (primary N) is 1. The van der Waals surface area contributed by atoms with E-state index in [0.717, 1.165) is 12.1 Å². The first-order chi connectivity index (χ1) is 9.95. The van der Waals surface area contributed by atoms with Gasteiger partial charge in [0.1, 0.15) is 0 Å². The molecule has 21 heavy (non-hydrogen) atoms. The summed E-state index contributed by atoms with van der Waals surface area (Å²) >= 11 is 0. The van der Waals surface area contributed by atoms with Gasteiger partial charge in [0.25, 0.3) is 0 Å². The maximum absolute atomic E-state index is 12.8. The van der Waals surface area contributed by atoms with Crippen LogP contribution in [0.15, 0.2) is 48.8 Å². The molecule has 0 spiro atoms. The number of anilines is 1. The third kappa shape index (κ3) is 2.52. The maximum Gasteiger partial charge on any atom is 0.416 e. The van der Waals surface area contributed by atoms with Crippen LogP contribution < -0.4 is 5.73 Å². The van der Waals surface area contributed by atoms with E-state index in [1.54, 1.807) is 30.6 Å². The minimum absolute atomic E-state index is 0.371.